The largest absolute Gasteiger partial charge is 0.417 e. The second kappa shape index (κ2) is 11.0. The number of rotatable bonds is 6. The van der Waals surface area contributed by atoms with Crippen LogP contribution in [0.15, 0.2) is 49.2 Å². The van der Waals surface area contributed by atoms with Crippen LogP contribution in [0.1, 0.15) is 17.1 Å². The minimum absolute atomic E-state index is 0.0544. The SMILES string of the molecule is CNc1cnc(N)c2cn[nH]c12.O=CC(=O)N(Cc1ccc(C(F)(F)F)cn1)Cc1ncccn1. The van der Waals surface area contributed by atoms with Crippen LogP contribution in [-0.2, 0) is 28.9 Å². The van der Waals surface area contributed by atoms with Gasteiger partial charge < -0.3 is 16.0 Å². The third kappa shape index (κ3) is 6.46. The quantitative estimate of drug-likeness (QED) is 0.274. The van der Waals surface area contributed by atoms with Crippen molar-refractivity contribution in [1.29, 1.82) is 0 Å². The van der Waals surface area contributed by atoms with Crippen LogP contribution in [0.3, 0.4) is 0 Å². The Bertz CT molecular complexity index is 1280. The molecule has 0 spiro atoms. The van der Waals surface area contributed by atoms with E-state index in [1.807, 2.05) is 7.05 Å². The fraction of sp³-hybridized carbons (Fsp3) is 0.190. The Labute approximate surface area is 196 Å². The summed E-state index contributed by atoms with van der Waals surface area (Å²) in [4.78, 5) is 39.0. The van der Waals surface area contributed by atoms with E-state index in [1.54, 1.807) is 18.5 Å². The summed E-state index contributed by atoms with van der Waals surface area (Å²) in [5.41, 5.74) is 6.74. The third-order valence-corrected chi connectivity index (χ3v) is 4.66. The van der Waals surface area contributed by atoms with Crippen LogP contribution in [0.5, 0.6) is 0 Å². The molecule has 0 saturated heterocycles. The number of amides is 1. The summed E-state index contributed by atoms with van der Waals surface area (Å²) in [5, 5.41) is 10.6. The number of nitrogens with two attached hydrogens (primary N) is 1. The number of alkyl halides is 3. The number of carbonyl (C=O) groups is 2. The molecular formula is C21H20F3N9O2. The van der Waals surface area contributed by atoms with Crippen molar-refractivity contribution >= 4 is 34.6 Å². The van der Waals surface area contributed by atoms with Crippen molar-refractivity contribution in [3.8, 4) is 0 Å². The van der Waals surface area contributed by atoms with Crippen molar-refractivity contribution in [2.75, 3.05) is 18.1 Å². The maximum Gasteiger partial charge on any atom is 0.417 e. The first-order valence-corrected chi connectivity index (χ1v) is 10.00. The van der Waals surface area contributed by atoms with Crippen LogP contribution >= 0.6 is 0 Å². The number of fused-ring (bicyclic) bond motifs is 1. The lowest BCUT2D eigenvalue weighted by Gasteiger charge is -2.19. The van der Waals surface area contributed by atoms with Gasteiger partial charge in [0.25, 0.3) is 5.91 Å². The summed E-state index contributed by atoms with van der Waals surface area (Å²) in [6.45, 7) is -0.185. The molecule has 4 heterocycles. The monoisotopic (exact) mass is 487 g/mol. The molecule has 4 aromatic rings. The number of anilines is 2. The number of nitrogens with zero attached hydrogens (tertiary/aromatic N) is 6. The normalized spacial score (nSPS) is 10.9. The Morgan fingerprint density at radius 3 is 2.46 bits per heavy atom. The lowest BCUT2D eigenvalue weighted by Crippen LogP contribution is -2.31. The lowest BCUT2D eigenvalue weighted by atomic mass is 10.2. The van der Waals surface area contributed by atoms with Crippen LogP contribution < -0.4 is 11.1 Å². The molecule has 0 aliphatic heterocycles. The van der Waals surface area contributed by atoms with E-state index < -0.39 is 17.6 Å². The molecule has 0 aromatic carbocycles. The number of halogens is 3. The maximum absolute atomic E-state index is 12.5. The van der Waals surface area contributed by atoms with Gasteiger partial charge in [-0.05, 0) is 18.2 Å². The Balaban J connectivity index is 0.000000237. The number of aromatic amines is 1. The summed E-state index contributed by atoms with van der Waals surface area (Å²) in [7, 11) is 1.83. The third-order valence-electron chi connectivity index (χ3n) is 4.66. The molecule has 4 aromatic heterocycles. The van der Waals surface area contributed by atoms with E-state index in [-0.39, 0.29) is 25.1 Å². The highest BCUT2D eigenvalue weighted by Crippen LogP contribution is 2.28. The smallest absolute Gasteiger partial charge is 0.385 e. The van der Waals surface area contributed by atoms with Gasteiger partial charge in [0, 0.05) is 25.6 Å². The van der Waals surface area contributed by atoms with Crippen LogP contribution in [0, 0.1) is 0 Å². The van der Waals surface area contributed by atoms with Crippen molar-refractivity contribution < 1.29 is 22.8 Å². The summed E-state index contributed by atoms with van der Waals surface area (Å²) in [5.74, 6) is -0.0356. The van der Waals surface area contributed by atoms with Crippen molar-refractivity contribution in [3.63, 3.8) is 0 Å². The molecule has 182 valence electrons. The van der Waals surface area contributed by atoms with Gasteiger partial charge in [-0.15, -0.1) is 0 Å². The first-order valence-electron chi connectivity index (χ1n) is 10.00. The van der Waals surface area contributed by atoms with Crippen molar-refractivity contribution in [2.45, 2.75) is 19.3 Å². The lowest BCUT2D eigenvalue weighted by molar-refractivity contribution is -0.140. The van der Waals surface area contributed by atoms with Gasteiger partial charge in [-0.2, -0.15) is 18.3 Å². The Morgan fingerprint density at radius 1 is 1.11 bits per heavy atom. The van der Waals surface area contributed by atoms with Gasteiger partial charge in [-0.3, -0.25) is 19.7 Å². The summed E-state index contributed by atoms with van der Waals surface area (Å²) >= 11 is 0. The van der Waals surface area contributed by atoms with Gasteiger partial charge >= 0.3 is 6.18 Å². The minimum atomic E-state index is -4.48. The molecule has 0 aliphatic carbocycles. The highest BCUT2D eigenvalue weighted by Gasteiger charge is 2.30. The van der Waals surface area contributed by atoms with Gasteiger partial charge in [-0.25, -0.2) is 15.0 Å². The van der Waals surface area contributed by atoms with E-state index >= 15 is 0 Å². The van der Waals surface area contributed by atoms with E-state index in [4.69, 9.17) is 5.73 Å². The number of pyridine rings is 2. The molecule has 35 heavy (non-hydrogen) atoms. The highest BCUT2D eigenvalue weighted by atomic mass is 19.4. The summed E-state index contributed by atoms with van der Waals surface area (Å²) < 4.78 is 37.5. The zero-order valence-corrected chi connectivity index (χ0v) is 18.3. The number of H-pyrrole nitrogens is 1. The molecule has 0 radical (unpaired) electrons. The van der Waals surface area contributed by atoms with E-state index in [0.29, 0.717) is 17.8 Å². The van der Waals surface area contributed by atoms with Crippen LogP contribution in [-0.4, -0.2) is 54.3 Å². The molecule has 0 bridgehead atoms. The maximum atomic E-state index is 12.5. The van der Waals surface area contributed by atoms with Gasteiger partial charge in [0.1, 0.15) is 11.6 Å². The van der Waals surface area contributed by atoms with Crippen LogP contribution in [0.2, 0.25) is 0 Å². The van der Waals surface area contributed by atoms with Crippen molar-refractivity contribution in [1.82, 2.24) is 35.0 Å². The number of nitrogen functional groups attached to an aromatic ring is 1. The molecule has 0 saturated carbocycles. The topological polar surface area (TPSA) is 156 Å². The average Bonchev–Trinajstić information content (AvgIpc) is 3.35. The van der Waals surface area contributed by atoms with Gasteiger partial charge in [-0.1, -0.05) is 0 Å². The van der Waals surface area contributed by atoms with Gasteiger partial charge in [0.05, 0.1) is 53.3 Å². The summed E-state index contributed by atoms with van der Waals surface area (Å²) in [6.07, 6.45) is 2.60. The molecule has 0 fully saturated rings. The van der Waals surface area contributed by atoms with Crippen LogP contribution in [0.4, 0.5) is 24.7 Å². The number of aromatic nitrogens is 6. The number of aldehydes is 1. The van der Waals surface area contributed by atoms with E-state index in [9.17, 15) is 22.8 Å². The Hall–Kier alpha value is -4.62. The van der Waals surface area contributed by atoms with Crippen molar-refractivity contribution in [2.24, 2.45) is 0 Å². The van der Waals surface area contributed by atoms with Crippen molar-refractivity contribution in [3.05, 3.63) is 66.3 Å². The molecular weight excluding hydrogens is 467 g/mol. The molecule has 4 rings (SSSR count). The molecule has 4 N–H and O–H groups in total. The number of nitrogens with one attached hydrogen (secondary N) is 2. The van der Waals surface area contributed by atoms with Gasteiger partial charge in [0.15, 0.2) is 0 Å². The van der Waals surface area contributed by atoms with E-state index in [1.165, 1.54) is 12.4 Å². The van der Waals surface area contributed by atoms with E-state index in [0.717, 1.165) is 33.6 Å². The zero-order chi connectivity index (χ0) is 25.4. The Kier molecular flexibility index (Phi) is 7.86. The predicted molar refractivity (Wildman–Crippen MR) is 119 cm³/mol. The molecule has 14 heteroatoms. The second-order valence-electron chi connectivity index (χ2n) is 6.98. The van der Waals surface area contributed by atoms with Crippen LogP contribution in [0.25, 0.3) is 10.9 Å². The van der Waals surface area contributed by atoms with Gasteiger partial charge in [0.2, 0.25) is 6.29 Å². The number of hydrogen-bond acceptors (Lipinski definition) is 9. The average molecular weight is 487 g/mol. The first-order chi connectivity index (χ1) is 16.7. The second-order valence-corrected chi connectivity index (χ2v) is 6.98. The van der Waals surface area contributed by atoms with E-state index in [2.05, 4.69) is 35.5 Å². The highest BCUT2D eigenvalue weighted by molar-refractivity contribution is 6.23. The molecule has 0 unspecified atom stereocenters. The molecule has 0 atom stereocenters. The standard InChI is InChI=1S/C14H11F3N4O2.C7H9N5/c15-14(16,17)10-2-3-11(20-6-10)7-21(13(23)9-22)8-12-18-4-1-5-19-12;1-9-5-3-10-7(8)4-2-11-12-6(4)5/h1-6,9H,7-8H2;2-3,9H,1H3,(H2,8,10)(H,11,12). The Morgan fingerprint density at radius 2 is 1.86 bits per heavy atom. The molecule has 0 aliphatic rings. The molecule has 11 nitrogen and oxygen atoms in total. The molecule has 1 amide bonds. The zero-order valence-electron chi connectivity index (χ0n) is 18.3. The minimum Gasteiger partial charge on any atom is -0.385 e. The fourth-order valence-corrected chi connectivity index (χ4v) is 2.89. The first kappa shape index (κ1) is 25.0. The predicted octanol–water partition coefficient (Wildman–Crippen LogP) is 2.20. The number of carbonyl (C=O) groups excluding carboxylic acids is 2. The fourth-order valence-electron chi connectivity index (χ4n) is 2.89. The number of hydrogen-bond donors (Lipinski definition) is 3. The summed E-state index contributed by atoms with van der Waals surface area (Å²) in [6, 6.07) is 3.61.